The first-order valence-electron chi connectivity index (χ1n) is 10.6. The molecule has 3 fully saturated rings. The van der Waals surface area contributed by atoms with Crippen LogP contribution in [0, 0.1) is 0 Å². The summed E-state index contributed by atoms with van der Waals surface area (Å²) in [6.45, 7) is 4.86. The predicted molar refractivity (Wildman–Crippen MR) is 105 cm³/mol. The lowest BCUT2D eigenvalue weighted by molar-refractivity contribution is 0.0710. The summed E-state index contributed by atoms with van der Waals surface area (Å²) in [7, 11) is 0. The normalized spacial score (nSPS) is 21.4. The standard InChI is InChI=1S/C21H28N6O/c28-21(17-5-9-22-10-6-17)26-13-7-16(8-14-26)20-24-23-19(27(20)18-3-4-18)15-25-11-1-2-12-25/h5-6,9-10,16,18H,1-4,7-8,11-15H2. The third kappa shape index (κ3) is 3.55. The van der Waals surface area contributed by atoms with Gasteiger partial charge in [0, 0.05) is 43.0 Å². The van der Waals surface area contributed by atoms with Crippen LogP contribution in [0.15, 0.2) is 24.5 Å². The molecule has 0 atom stereocenters. The Hall–Kier alpha value is -2.28. The van der Waals surface area contributed by atoms with Crippen LogP contribution < -0.4 is 0 Å². The number of amides is 1. The number of piperidine rings is 1. The van der Waals surface area contributed by atoms with E-state index in [4.69, 9.17) is 0 Å². The molecule has 0 aromatic carbocycles. The topological polar surface area (TPSA) is 67.2 Å². The highest BCUT2D eigenvalue weighted by molar-refractivity contribution is 5.94. The molecule has 0 spiro atoms. The number of hydrogen-bond acceptors (Lipinski definition) is 5. The van der Waals surface area contributed by atoms with Crippen LogP contribution in [0.25, 0.3) is 0 Å². The van der Waals surface area contributed by atoms with E-state index in [1.807, 2.05) is 4.90 Å². The second-order valence-electron chi connectivity index (χ2n) is 8.36. The number of likely N-dealkylation sites (tertiary alicyclic amines) is 2. The Bertz CT molecular complexity index is 817. The Morgan fingerprint density at radius 2 is 1.68 bits per heavy atom. The number of aromatic nitrogens is 4. The van der Waals surface area contributed by atoms with E-state index in [0.717, 1.165) is 49.7 Å². The number of pyridine rings is 1. The van der Waals surface area contributed by atoms with E-state index in [-0.39, 0.29) is 5.91 Å². The Balaban J connectivity index is 1.27. The van der Waals surface area contributed by atoms with Crippen molar-refractivity contribution in [3.8, 4) is 0 Å². The first-order valence-corrected chi connectivity index (χ1v) is 10.6. The van der Waals surface area contributed by atoms with Gasteiger partial charge in [0.1, 0.15) is 11.6 Å². The van der Waals surface area contributed by atoms with Crippen molar-refractivity contribution in [1.29, 1.82) is 0 Å². The second kappa shape index (κ2) is 7.62. The summed E-state index contributed by atoms with van der Waals surface area (Å²) in [4.78, 5) is 21.2. The van der Waals surface area contributed by atoms with Crippen molar-refractivity contribution < 1.29 is 4.79 Å². The van der Waals surface area contributed by atoms with Crippen LogP contribution in [0.1, 0.15) is 72.5 Å². The van der Waals surface area contributed by atoms with Crippen molar-refractivity contribution in [2.24, 2.45) is 0 Å². The van der Waals surface area contributed by atoms with Crippen LogP contribution >= 0.6 is 0 Å². The summed E-state index contributed by atoms with van der Waals surface area (Å²) in [6.07, 6.45) is 10.4. The highest BCUT2D eigenvalue weighted by Gasteiger charge is 2.34. The summed E-state index contributed by atoms with van der Waals surface area (Å²) in [5.74, 6) is 2.82. The first-order chi connectivity index (χ1) is 13.8. The average Bonchev–Trinajstić information content (AvgIpc) is 3.29. The fourth-order valence-corrected chi connectivity index (χ4v) is 4.61. The van der Waals surface area contributed by atoms with Gasteiger partial charge in [-0.3, -0.25) is 14.7 Å². The van der Waals surface area contributed by atoms with E-state index >= 15 is 0 Å². The van der Waals surface area contributed by atoms with Crippen LogP contribution in [-0.4, -0.2) is 61.6 Å². The van der Waals surface area contributed by atoms with Gasteiger partial charge in [-0.25, -0.2) is 0 Å². The molecular formula is C21H28N6O. The molecule has 5 rings (SSSR count). The molecule has 2 aromatic rings. The summed E-state index contributed by atoms with van der Waals surface area (Å²) in [5, 5.41) is 9.25. The maximum Gasteiger partial charge on any atom is 0.253 e. The van der Waals surface area contributed by atoms with Crippen molar-refractivity contribution >= 4 is 5.91 Å². The Morgan fingerprint density at radius 1 is 0.964 bits per heavy atom. The number of carbonyl (C=O) groups is 1. The number of nitrogens with zero attached hydrogens (tertiary/aromatic N) is 6. The molecule has 0 radical (unpaired) electrons. The van der Waals surface area contributed by atoms with Gasteiger partial charge < -0.3 is 9.47 Å². The lowest BCUT2D eigenvalue weighted by Gasteiger charge is -2.32. The molecule has 7 heteroatoms. The minimum absolute atomic E-state index is 0.110. The molecule has 2 saturated heterocycles. The minimum atomic E-state index is 0.110. The van der Waals surface area contributed by atoms with Crippen molar-refractivity contribution in [3.05, 3.63) is 41.7 Å². The molecule has 3 aliphatic rings. The molecule has 1 saturated carbocycles. The van der Waals surface area contributed by atoms with Gasteiger partial charge in [-0.2, -0.15) is 0 Å². The second-order valence-corrected chi connectivity index (χ2v) is 8.36. The Morgan fingerprint density at radius 3 is 2.36 bits per heavy atom. The maximum absolute atomic E-state index is 12.7. The third-order valence-corrected chi connectivity index (χ3v) is 6.34. The zero-order chi connectivity index (χ0) is 18.9. The molecule has 4 heterocycles. The van der Waals surface area contributed by atoms with Crippen molar-refractivity contribution in [2.75, 3.05) is 26.2 Å². The van der Waals surface area contributed by atoms with E-state index in [0.29, 0.717) is 12.0 Å². The van der Waals surface area contributed by atoms with Crippen molar-refractivity contribution in [3.63, 3.8) is 0 Å². The van der Waals surface area contributed by atoms with Crippen molar-refractivity contribution in [2.45, 2.75) is 57.0 Å². The van der Waals surface area contributed by atoms with Gasteiger partial charge >= 0.3 is 0 Å². The highest BCUT2D eigenvalue weighted by atomic mass is 16.2. The molecule has 2 aliphatic heterocycles. The Kier molecular flexibility index (Phi) is 4.84. The smallest absolute Gasteiger partial charge is 0.253 e. The number of hydrogen-bond donors (Lipinski definition) is 0. The first kappa shape index (κ1) is 17.8. The summed E-state index contributed by atoms with van der Waals surface area (Å²) in [6, 6.07) is 4.19. The SMILES string of the molecule is O=C(c1ccncc1)N1CCC(c2nnc(CN3CCCC3)n2C2CC2)CC1. The van der Waals surface area contributed by atoms with Crippen molar-refractivity contribution in [1.82, 2.24) is 29.5 Å². The fourth-order valence-electron chi connectivity index (χ4n) is 4.61. The lowest BCUT2D eigenvalue weighted by atomic mass is 9.95. The van der Waals surface area contributed by atoms with Gasteiger partial charge in [-0.15, -0.1) is 10.2 Å². The molecule has 28 heavy (non-hydrogen) atoms. The highest BCUT2D eigenvalue weighted by Crippen LogP contribution is 2.40. The van der Waals surface area contributed by atoms with Crippen LogP contribution in [0.4, 0.5) is 0 Å². The fraction of sp³-hybridized carbons (Fsp3) is 0.619. The third-order valence-electron chi connectivity index (χ3n) is 6.34. The van der Waals surface area contributed by atoms with Gasteiger partial charge in [0.25, 0.3) is 5.91 Å². The van der Waals surface area contributed by atoms with Crippen LogP contribution in [0.2, 0.25) is 0 Å². The molecule has 1 amide bonds. The molecule has 0 bridgehead atoms. The quantitative estimate of drug-likeness (QED) is 0.798. The maximum atomic E-state index is 12.7. The molecular weight excluding hydrogens is 352 g/mol. The molecule has 0 N–H and O–H groups in total. The van der Waals surface area contributed by atoms with Gasteiger partial charge in [-0.1, -0.05) is 0 Å². The monoisotopic (exact) mass is 380 g/mol. The largest absolute Gasteiger partial charge is 0.339 e. The molecule has 1 aliphatic carbocycles. The molecule has 0 unspecified atom stereocenters. The average molecular weight is 380 g/mol. The number of rotatable bonds is 5. The summed E-state index contributed by atoms with van der Waals surface area (Å²) in [5.41, 5.74) is 0.725. The molecule has 148 valence electrons. The summed E-state index contributed by atoms with van der Waals surface area (Å²) < 4.78 is 2.45. The molecule has 7 nitrogen and oxygen atoms in total. The van der Waals surface area contributed by atoms with Crippen LogP contribution in [0.3, 0.4) is 0 Å². The van der Waals surface area contributed by atoms with Gasteiger partial charge in [0.2, 0.25) is 0 Å². The zero-order valence-corrected chi connectivity index (χ0v) is 16.3. The summed E-state index contributed by atoms with van der Waals surface area (Å²) >= 11 is 0. The zero-order valence-electron chi connectivity index (χ0n) is 16.3. The van der Waals surface area contributed by atoms with E-state index in [9.17, 15) is 4.79 Å². The van der Waals surface area contributed by atoms with Crippen LogP contribution in [-0.2, 0) is 6.54 Å². The van der Waals surface area contributed by atoms with Gasteiger partial charge in [0.15, 0.2) is 0 Å². The van der Waals surface area contributed by atoms with Gasteiger partial charge in [0.05, 0.1) is 6.54 Å². The van der Waals surface area contributed by atoms with E-state index < -0.39 is 0 Å². The minimum Gasteiger partial charge on any atom is -0.339 e. The number of carbonyl (C=O) groups excluding carboxylic acids is 1. The lowest BCUT2D eigenvalue weighted by Crippen LogP contribution is -2.38. The van der Waals surface area contributed by atoms with E-state index in [1.54, 1.807) is 24.5 Å². The van der Waals surface area contributed by atoms with Gasteiger partial charge in [-0.05, 0) is 63.7 Å². The van der Waals surface area contributed by atoms with E-state index in [1.165, 1.54) is 38.8 Å². The van der Waals surface area contributed by atoms with Crippen LogP contribution in [0.5, 0.6) is 0 Å². The molecule has 2 aromatic heterocycles. The Labute approximate surface area is 165 Å². The van der Waals surface area contributed by atoms with E-state index in [2.05, 4.69) is 24.6 Å². The predicted octanol–water partition coefficient (Wildman–Crippen LogP) is 2.62.